The van der Waals surface area contributed by atoms with Crippen molar-refractivity contribution in [3.8, 4) is 11.1 Å². The third kappa shape index (κ3) is 4.96. The first-order valence-corrected chi connectivity index (χ1v) is 11.0. The van der Waals surface area contributed by atoms with E-state index in [9.17, 15) is 4.39 Å². The van der Waals surface area contributed by atoms with Gasteiger partial charge in [-0.05, 0) is 72.8 Å². The second kappa shape index (κ2) is 8.95. The first-order chi connectivity index (χ1) is 14.1. The molecule has 3 aromatic carbocycles. The lowest BCUT2D eigenvalue weighted by molar-refractivity contribution is 0.347. The van der Waals surface area contributed by atoms with Gasteiger partial charge >= 0.3 is 0 Å². The van der Waals surface area contributed by atoms with Crippen LogP contribution >= 0.6 is 0 Å². The van der Waals surface area contributed by atoms with Gasteiger partial charge in [0.05, 0.1) is 0 Å². The molecular weight excluding hydrogens is 355 g/mol. The normalized spacial score (nSPS) is 19.3. The van der Waals surface area contributed by atoms with E-state index in [0.29, 0.717) is 11.5 Å². The zero-order chi connectivity index (χ0) is 20.2. The minimum atomic E-state index is -0.0893. The van der Waals surface area contributed by atoms with Crippen molar-refractivity contribution in [2.45, 2.75) is 58.3 Å². The Labute approximate surface area is 174 Å². The van der Waals surface area contributed by atoms with Crippen molar-refractivity contribution in [1.82, 2.24) is 0 Å². The minimum Gasteiger partial charge on any atom is -0.206 e. The van der Waals surface area contributed by atoms with Gasteiger partial charge in [-0.15, -0.1) is 0 Å². The number of aryl methyl sites for hydroxylation is 3. The maximum Gasteiger partial charge on any atom is 0.131 e. The molecule has 0 aromatic heterocycles. The van der Waals surface area contributed by atoms with Gasteiger partial charge in [0, 0.05) is 5.56 Å². The molecule has 0 nitrogen and oxygen atoms in total. The summed E-state index contributed by atoms with van der Waals surface area (Å²) >= 11 is 0. The summed E-state index contributed by atoms with van der Waals surface area (Å²) in [7, 11) is 0. The van der Waals surface area contributed by atoms with Crippen LogP contribution in [0.5, 0.6) is 0 Å². The van der Waals surface area contributed by atoms with E-state index in [1.54, 1.807) is 6.07 Å². The van der Waals surface area contributed by atoms with E-state index in [1.807, 2.05) is 6.07 Å². The van der Waals surface area contributed by atoms with Crippen molar-refractivity contribution in [3.63, 3.8) is 0 Å². The Balaban J connectivity index is 1.42. The summed E-state index contributed by atoms with van der Waals surface area (Å²) in [4.78, 5) is 0. The summed E-state index contributed by atoms with van der Waals surface area (Å²) in [6, 6.07) is 23.0. The summed E-state index contributed by atoms with van der Waals surface area (Å²) < 4.78 is 14.9. The number of hydrogen-bond donors (Lipinski definition) is 0. The third-order valence-corrected chi connectivity index (χ3v) is 6.57. The van der Waals surface area contributed by atoms with Crippen LogP contribution in [0.1, 0.15) is 60.8 Å². The highest BCUT2D eigenvalue weighted by Crippen LogP contribution is 2.37. The van der Waals surface area contributed by atoms with Gasteiger partial charge in [-0.1, -0.05) is 86.0 Å². The van der Waals surface area contributed by atoms with Crippen LogP contribution in [0.25, 0.3) is 11.1 Å². The molecule has 1 aliphatic carbocycles. The Hall–Kier alpha value is -2.41. The van der Waals surface area contributed by atoms with E-state index in [4.69, 9.17) is 0 Å². The Kier molecular flexibility index (Phi) is 6.13. The van der Waals surface area contributed by atoms with Crippen molar-refractivity contribution in [3.05, 3.63) is 94.8 Å². The topological polar surface area (TPSA) is 0 Å². The zero-order valence-corrected chi connectivity index (χ0v) is 17.6. The first kappa shape index (κ1) is 19.9. The molecule has 1 heteroatoms. The summed E-state index contributed by atoms with van der Waals surface area (Å²) in [5.41, 5.74) is 6.80. The molecular formula is C28H31F. The maximum atomic E-state index is 14.9. The molecule has 1 saturated carbocycles. The predicted octanol–water partition coefficient (Wildman–Crippen LogP) is 7.88. The zero-order valence-electron chi connectivity index (χ0n) is 17.6. The molecule has 0 saturated heterocycles. The van der Waals surface area contributed by atoms with Gasteiger partial charge in [0.2, 0.25) is 0 Å². The van der Waals surface area contributed by atoms with Gasteiger partial charge in [-0.3, -0.25) is 0 Å². The number of benzene rings is 3. The second-order valence-electron chi connectivity index (χ2n) is 8.88. The smallest absolute Gasteiger partial charge is 0.131 e. The lowest BCUT2D eigenvalue weighted by Gasteiger charge is -2.26. The van der Waals surface area contributed by atoms with E-state index in [2.05, 4.69) is 68.4 Å². The van der Waals surface area contributed by atoms with Gasteiger partial charge in [-0.2, -0.15) is 0 Å². The Morgan fingerprint density at radius 3 is 1.93 bits per heavy atom. The molecule has 0 atom stereocenters. The van der Waals surface area contributed by atoms with Crippen LogP contribution in [-0.2, 0) is 12.8 Å². The summed E-state index contributed by atoms with van der Waals surface area (Å²) in [6.07, 6.45) is 6.94. The molecule has 0 N–H and O–H groups in total. The number of rotatable bonds is 5. The lowest BCUT2D eigenvalue weighted by atomic mass is 9.79. The van der Waals surface area contributed by atoms with Crippen LogP contribution in [0.15, 0.2) is 66.7 Å². The van der Waals surface area contributed by atoms with E-state index in [-0.39, 0.29) is 5.82 Å². The van der Waals surface area contributed by atoms with Gasteiger partial charge in [0.25, 0.3) is 0 Å². The Morgan fingerprint density at radius 2 is 1.34 bits per heavy atom. The quantitative estimate of drug-likeness (QED) is 0.418. The fraction of sp³-hybridized carbons (Fsp3) is 0.357. The molecule has 1 fully saturated rings. The van der Waals surface area contributed by atoms with E-state index in [1.165, 1.54) is 47.9 Å². The molecule has 0 heterocycles. The molecule has 0 spiro atoms. The molecule has 0 unspecified atom stereocenters. The second-order valence-corrected chi connectivity index (χ2v) is 8.88. The SMILES string of the molecule is Cc1ccc(CCc2ccc(-c3ccc(C4CCC(C)CC4)cc3F)cc2)cc1. The number of halogens is 1. The maximum absolute atomic E-state index is 14.9. The Bertz CT molecular complexity index is 929. The van der Waals surface area contributed by atoms with Gasteiger partial charge < -0.3 is 0 Å². The van der Waals surface area contributed by atoms with Crippen molar-refractivity contribution in [2.24, 2.45) is 5.92 Å². The molecule has 0 radical (unpaired) electrons. The highest BCUT2D eigenvalue weighted by atomic mass is 19.1. The molecule has 4 rings (SSSR count). The number of hydrogen-bond acceptors (Lipinski definition) is 0. The first-order valence-electron chi connectivity index (χ1n) is 11.0. The third-order valence-electron chi connectivity index (χ3n) is 6.57. The van der Waals surface area contributed by atoms with E-state index in [0.717, 1.165) is 24.3 Å². The molecule has 150 valence electrons. The summed E-state index contributed by atoms with van der Waals surface area (Å²) in [5.74, 6) is 1.26. The highest BCUT2D eigenvalue weighted by molar-refractivity contribution is 5.65. The van der Waals surface area contributed by atoms with Crippen LogP contribution in [-0.4, -0.2) is 0 Å². The summed E-state index contributed by atoms with van der Waals surface area (Å²) in [5, 5.41) is 0. The highest BCUT2D eigenvalue weighted by Gasteiger charge is 2.20. The molecule has 0 amide bonds. The fourth-order valence-electron chi connectivity index (χ4n) is 4.51. The van der Waals surface area contributed by atoms with Crippen LogP contribution in [0.2, 0.25) is 0 Å². The molecule has 0 bridgehead atoms. The lowest BCUT2D eigenvalue weighted by Crippen LogP contribution is -2.11. The molecule has 0 aliphatic heterocycles. The van der Waals surface area contributed by atoms with Crippen molar-refractivity contribution >= 4 is 0 Å². The standard InChI is InChI=1S/C28H31F/c1-20-3-7-22(8-4-20)9-10-23-11-15-25(16-12-23)27-18-17-26(19-28(27)29)24-13-5-21(2)6-14-24/h3-4,7-8,11-12,15-19,21,24H,5-6,9-10,13-14H2,1-2H3. The molecule has 1 aliphatic rings. The Morgan fingerprint density at radius 1 is 0.759 bits per heavy atom. The fourth-order valence-corrected chi connectivity index (χ4v) is 4.51. The van der Waals surface area contributed by atoms with Crippen molar-refractivity contribution < 1.29 is 4.39 Å². The average molecular weight is 387 g/mol. The van der Waals surface area contributed by atoms with Crippen LogP contribution in [0.4, 0.5) is 4.39 Å². The van der Waals surface area contributed by atoms with Gasteiger partial charge in [0.15, 0.2) is 0 Å². The molecule has 29 heavy (non-hydrogen) atoms. The van der Waals surface area contributed by atoms with Crippen LogP contribution in [0.3, 0.4) is 0 Å². The van der Waals surface area contributed by atoms with E-state index >= 15 is 0 Å². The largest absolute Gasteiger partial charge is 0.206 e. The van der Waals surface area contributed by atoms with Crippen molar-refractivity contribution in [2.75, 3.05) is 0 Å². The predicted molar refractivity (Wildman–Crippen MR) is 121 cm³/mol. The summed E-state index contributed by atoms with van der Waals surface area (Å²) in [6.45, 7) is 4.44. The van der Waals surface area contributed by atoms with Gasteiger partial charge in [0.1, 0.15) is 5.82 Å². The molecule has 3 aromatic rings. The minimum absolute atomic E-state index is 0.0893. The average Bonchev–Trinajstić information content (AvgIpc) is 2.74. The van der Waals surface area contributed by atoms with Crippen LogP contribution in [0, 0.1) is 18.7 Å². The van der Waals surface area contributed by atoms with Gasteiger partial charge in [-0.25, -0.2) is 4.39 Å². The van der Waals surface area contributed by atoms with Crippen molar-refractivity contribution in [1.29, 1.82) is 0 Å². The van der Waals surface area contributed by atoms with Crippen LogP contribution < -0.4 is 0 Å². The monoisotopic (exact) mass is 386 g/mol. The van der Waals surface area contributed by atoms with E-state index < -0.39 is 0 Å².